The molecule has 0 saturated carbocycles. The van der Waals surface area contributed by atoms with Crippen LogP contribution >= 0.6 is 0 Å². The number of hydrogen-bond donors (Lipinski definition) is 2. The predicted octanol–water partition coefficient (Wildman–Crippen LogP) is 2.58. The molecule has 2 N–H and O–H groups in total. The van der Waals surface area contributed by atoms with Crippen LogP contribution in [-0.4, -0.2) is 50.7 Å². The number of fused-ring (bicyclic) bond motifs is 1. The standard InChI is InChI=1S/C25H26N4O6S/c1-17(29(36(2,32)33)19-9-10-22-23(14-19)35-13-12-34-22)24(30)28-21-8-4-3-7-20(21)25(31)27-16-18-6-5-11-26-15-18/h3-11,14-15,17H,12-13,16H2,1-2H3,(H,27,31)(H,28,30)/t17-/m1/s1. The van der Waals surface area contributed by atoms with E-state index in [0.717, 1.165) is 16.1 Å². The van der Waals surface area contributed by atoms with Gasteiger partial charge in [0.2, 0.25) is 15.9 Å². The lowest BCUT2D eigenvalue weighted by Gasteiger charge is -2.29. The van der Waals surface area contributed by atoms with Crippen LogP contribution in [-0.2, 0) is 21.4 Å². The number of nitrogens with one attached hydrogen (secondary N) is 2. The molecule has 0 unspecified atom stereocenters. The minimum Gasteiger partial charge on any atom is -0.486 e. The summed E-state index contributed by atoms with van der Waals surface area (Å²) in [7, 11) is -3.86. The van der Waals surface area contributed by atoms with Crippen LogP contribution in [0.3, 0.4) is 0 Å². The SMILES string of the molecule is C[C@H](C(=O)Nc1ccccc1C(=O)NCc1cccnc1)N(c1ccc2c(c1)OCCO2)S(C)(=O)=O. The first-order valence-corrected chi connectivity index (χ1v) is 13.0. The number of sulfonamides is 1. The van der Waals surface area contributed by atoms with Gasteiger partial charge in [0.25, 0.3) is 5.91 Å². The number of carbonyl (C=O) groups excluding carboxylic acids is 2. The average molecular weight is 511 g/mol. The van der Waals surface area contributed by atoms with Crippen molar-refractivity contribution in [2.45, 2.75) is 19.5 Å². The Morgan fingerprint density at radius 3 is 2.53 bits per heavy atom. The Balaban J connectivity index is 1.53. The third-order valence-corrected chi connectivity index (χ3v) is 6.72. The number of nitrogens with zero attached hydrogens (tertiary/aromatic N) is 2. The first-order chi connectivity index (χ1) is 17.2. The molecule has 0 aliphatic carbocycles. The second kappa shape index (κ2) is 10.6. The number of rotatable bonds is 8. The zero-order valence-electron chi connectivity index (χ0n) is 19.8. The van der Waals surface area contributed by atoms with Gasteiger partial charge in [0.1, 0.15) is 19.3 Å². The molecule has 36 heavy (non-hydrogen) atoms. The second-order valence-electron chi connectivity index (χ2n) is 8.14. The Bertz CT molecular complexity index is 1360. The van der Waals surface area contributed by atoms with Crippen LogP contribution in [0.5, 0.6) is 11.5 Å². The fourth-order valence-electron chi connectivity index (χ4n) is 3.79. The molecule has 1 aromatic heterocycles. The number of amides is 2. The van der Waals surface area contributed by atoms with Crippen molar-refractivity contribution in [1.29, 1.82) is 0 Å². The molecule has 1 atom stereocenters. The lowest BCUT2D eigenvalue weighted by molar-refractivity contribution is -0.116. The van der Waals surface area contributed by atoms with Crippen molar-refractivity contribution in [3.8, 4) is 11.5 Å². The van der Waals surface area contributed by atoms with E-state index >= 15 is 0 Å². The van der Waals surface area contributed by atoms with Gasteiger partial charge in [-0.1, -0.05) is 18.2 Å². The molecule has 2 amide bonds. The van der Waals surface area contributed by atoms with Crippen LogP contribution in [0.25, 0.3) is 0 Å². The van der Waals surface area contributed by atoms with E-state index in [4.69, 9.17) is 9.47 Å². The Labute approximate surface area is 209 Å². The number of aromatic nitrogens is 1. The first kappa shape index (κ1) is 25.0. The summed E-state index contributed by atoms with van der Waals surface area (Å²) >= 11 is 0. The summed E-state index contributed by atoms with van der Waals surface area (Å²) in [6.07, 6.45) is 4.31. The molecule has 11 heteroatoms. The highest BCUT2D eigenvalue weighted by atomic mass is 32.2. The molecule has 188 valence electrons. The van der Waals surface area contributed by atoms with Gasteiger partial charge in [-0.05, 0) is 42.8 Å². The molecule has 0 saturated heterocycles. The van der Waals surface area contributed by atoms with Gasteiger partial charge in [0.05, 0.1) is 23.2 Å². The molecule has 0 bridgehead atoms. The fourth-order valence-corrected chi connectivity index (χ4v) is 4.95. The second-order valence-corrected chi connectivity index (χ2v) is 10.0. The molecular formula is C25H26N4O6S. The van der Waals surface area contributed by atoms with Gasteiger partial charge in [-0.3, -0.25) is 18.9 Å². The number of pyridine rings is 1. The van der Waals surface area contributed by atoms with E-state index in [9.17, 15) is 18.0 Å². The molecule has 1 aliphatic heterocycles. The molecule has 1 aliphatic rings. The molecule has 0 fully saturated rings. The largest absolute Gasteiger partial charge is 0.486 e. The van der Waals surface area contributed by atoms with E-state index < -0.39 is 27.9 Å². The van der Waals surface area contributed by atoms with Crippen LogP contribution in [0.4, 0.5) is 11.4 Å². The lowest BCUT2D eigenvalue weighted by atomic mass is 10.1. The van der Waals surface area contributed by atoms with Crippen molar-refractivity contribution < 1.29 is 27.5 Å². The monoisotopic (exact) mass is 510 g/mol. The van der Waals surface area contributed by atoms with E-state index in [2.05, 4.69) is 15.6 Å². The minimum absolute atomic E-state index is 0.243. The number of ether oxygens (including phenoxy) is 2. The van der Waals surface area contributed by atoms with Gasteiger partial charge in [-0.2, -0.15) is 0 Å². The number of hydrogen-bond acceptors (Lipinski definition) is 7. The summed E-state index contributed by atoms with van der Waals surface area (Å²) < 4.78 is 37.5. The van der Waals surface area contributed by atoms with E-state index in [-0.39, 0.29) is 23.5 Å². The van der Waals surface area contributed by atoms with E-state index in [1.165, 1.54) is 13.0 Å². The first-order valence-electron chi connectivity index (χ1n) is 11.2. The highest BCUT2D eigenvalue weighted by Crippen LogP contribution is 2.35. The summed E-state index contributed by atoms with van der Waals surface area (Å²) in [5, 5.41) is 5.50. The van der Waals surface area contributed by atoms with Crippen molar-refractivity contribution in [2.24, 2.45) is 0 Å². The summed E-state index contributed by atoms with van der Waals surface area (Å²) in [4.78, 5) is 30.0. The molecule has 10 nitrogen and oxygen atoms in total. The normalized spacial score (nSPS) is 13.4. The smallest absolute Gasteiger partial charge is 0.253 e. The molecule has 4 rings (SSSR count). The van der Waals surface area contributed by atoms with Crippen molar-refractivity contribution in [3.05, 3.63) is 78.1 Å². The van der Waals surface area contributed by atoms with Crippen molar-refractivity contribution >= 4 is 33.2 Å². The predicted molar refractivity (Wildman–Crippen MR) is 135 cm³/mol. The summed E-state index contributed by atoms with van der Waals surface area (Å²) in [5.41, 5.74) is 1.58. The van der Waals surface area contributed by atoms with Crippen LogP contribution in [0.2, 0.25) is 0 Å². The molecular weight excluding hydrogens is 484 g/mol. The van der Waals surface area contributed by atoms with Gasteiger partial charge in [-0.25, -0.2) is 8.42 Å². The topological polar surface area (TPSA) is 127 Å². The summed E-state index contributed by atoms with van der Waals surface area (Å²) in [5.74, 6) is -0.102. The maximum Gasteiger partial charge on any atom is 0.253 e. The number of carbonyl (C=O) groups is 2. The molecule has 0 spiro atoms. The fraction of sp³-hybridized carbons (Fsp3) is 0.240. The minimum atomic E-state index is -3.86. The van der Waals surface area contributed by atoms with Crippen molar-refractivity contribution in [2.75, 3.05) is 29.1 Å². The average Bonchev–Trinajstić information content (AvgIpc) is 2.87. The zero-order valence-corrected chi connectivity index (χ0v) is 20.6. The van der Waals surface area contributed by atoms with Crippen LogP contribution in [0, 0.1) is 0 Å². The third-order valence-electron chi connectivity index (χ3n) is 5.47. The Morgan fingerprint density at radius 1 is 1.06 bits per heavy atom. The van der Waals surface area contributed by atoms with Gasteiger partial charge in [-0.15, -0.1) is 0 Å². The molecule has 2 aromatic carbocycles. The maximum atomic E-state index is 13.2. The zero-order chi connectivity index (χ0) is 25.7. The van der Waals surface area contributed by atoms with Crippen LogP contribution in [0.1, 0.15) is 22.8 Å². The Hall–Kier alpha value is -4.12. The van der Waals surface area contributed by atoms with Crippen LogP contribution in [0.15, 0.2) is 67.0 Å². The van der Waals surface area contributed by atoms with Gasteiger partial charge in [0, 0.05) is 25.0 Å². The van der Waals surface area contributed by atoms with Gasteiger partial charge >= 0.3 is 0 Å². The maximum absolute atomic E-state index is 13.2. The number of anilines is 2. The molecule has 3 aromatic rings. The van der Waals surface area contributed by atoms with E-state index in [1.54, 1.807) is 54.9 Å². The van der Waals surface area contributed by atoms with Crippen molar-refractivity contribution in [3.63, 3.8) is 0 Å². The third kappa shape index (κ3) is 5.74. The Morgan fingerprint density at radius 2 is 1.81 bits per heavy atom. The molecule has 0 radical (unpaired) electrons. The number of benzene rings is 2. The summed E-state index contributed by atoms with van der Waals surface area (Å²) in [6, 6.07) is 13.7. The highest BCUT2D eigenvalue weighted by molar-refractivity contribution is 7.92. The lowest BCUT2D eigenvalue weighted by Crippen LogP contribution is -2.45. The van der Waals surface area contributed by atoms with Gasteiger partial charge < -0.3 is 20.1 Å². The van der Waals surface area contributed by atoms with E-state index in [0.29, 0.717) is 24.7 Å². The van der Waals surface area contributed by atoms with Crippen LogP contribution < -0.4 is 24.4 Å². The quantitative estimate of drug-likeness (QED) is 0.477. The highest BCUT2D eigenvalue weighted by Gasteiger charge is 2.31. The Kier molecular flexibility index (Phi) is 7.39. The molecule has 2 heterocycles. The summed E-state index contributed by atoms with van der Waals surface area (Å²) in [6.45, 7) is 2.47. The number of para-hydroxylation sites is 1. The van der Waals surface area contributed by atoms with Crippen molar-refractivity contribution in [1.82, 2.24) is 10.3 Å². The van der Waals surface area contributed by atoms with Gasteiger partial charge in [0.15, 0.2) is 11.5 Å². The van der Waals surface area contributed by atoms with E-state index in [1.807, 2.05) is 6.07 Å².